The number of amides is 1. The molecule has 1 amide bonds. The van der Waals surface area contributed by atoms with E-state index in [9.17, 15) is 4.79 Å². The zero-order chi connectivity index (χ0) is 18.5. The second kappa shape index (κ2) is 8.52. The van der Waals surface area contributed by atoms with E-state index in [0.717, 1.165) is 17.5 Å². The fourth-order valence-corrected chi connectivity index (χ4v) is 3.47. The summed E-state index contributed by atoms with van der Waals surface area (Å²) in [5.74, 6) is -0.0934. The Morgan fingerprint density at radius 1 is 1.08 bits per heavy atom. The molecular weight excluding hydrogens is 367 g/mol. The van der Waals surface area contributed by atoms with Gasteiger partial charge in [-0.3, -0.25) is 4.79 Å². The van der Waals surface area contributed by atoms with Crippen molar-refractivity contribution in [1.82, 2.24) is 5.43 Å². The maximum absolute atomic E-state index is 12.7. The third-order valence-electron chi connectivity index (χ3n) is 4.64. The zero-order valence-electron chi connectivity index (χ0n) is 14.5. The molecule has 1 aliphatic carbocycles. The first-order chi connectivity index (χ1) is 12.5. The van der Waals surface area contributed by atoms with E-state index in [-0.39, 0.29) is 17.7 Å². The van der Waals surface area contributed by atoms with Crippen molar-refractivity contribution in [2.24, 2.45) is 11.0 Å². The van der Waals surface area contributed by atoms with Crippen molar-refractivity contribution in [1.29, 1.82) is 0 Å². The van der Waals surface area contributed by atoms with Crippen LogP contribution in [0.5, 0.6) is 0 Å². The largest absolute Gasteiger partial charge is 0.273 e. The van der Waals surface area contributed by atoms with E-state index in [2.05, 4.69) is 23.5 Å². The molecule has 26 heavy (non-hydrogen) atoms. The summed E-state index contributed by atoms with van der Waals surface area (Å²) in [6.07, 6.45) is 5.33. The molecule has 0 saturated heterocycles. The highest BCUT2D eigenvalue weighted by molar-refractivity contribution is 6.30. The molecule has 1 aliphatic rings. The number of nitrogens with zero attached hydrogens (tertiary/aromatic N) is 1. The molecule has 2 aromatic rings. The highest BCUT2D eigenvalue weighted by Crippen LogP contribution is 2.38. The van der Waals surface area contributed by atoms with Crippen LogP contribution in [0.2, 0.25) is 10.0 Å². The van der Waals surface area contributed by atoms with Crippen LogP contribution >= 0.6 is 23.2 Å². The van der Waals surface area contributed by atoms with E-state index in [0.29, 0.717) is 16.5 Å². The van der Waals surface area contributed by atoms with Crippen LogP contribution < -0.4 is 5.43 Å². The highest BCUT2D eigenvalue weighted by atomic mass is 35.5. The molecule has 2 aromatic carbocycles. The van der Waals surface area contributed by atoms with Gasteiger partial charge in [0.2, 0.25) is 5.91 Å². The zero-order valence-corrected chi connectivity index (χ0v) is 16.0. The maximum atomic E-state index is 12.7. The smallest absolute Gasteiger partial charge is 0.244 e. The summed E-state index contributed by atoms with van der Waals surface area (Å²) in [6.45, 7) is 2.11. The lowest BCUT2D eigenvalue weighted by molar-refractivity contribution is -0.125. The molecule has 134 valence electrons. The molecule has 0 bridgehead atoms. The van der Waals surface area contributed by atoms with Crippen molar-refractivity contribution >= 4 is 35.3 Å². The second-order valence-electron chi connectivity index (χ2n) is 6.54. The quantitative estimate of drug-likeness (QED) is 0.415. The Kier molecular flexibility index (Phi) is 6.12. The molecule has 2 unspecified atom stereocenters. The Balaban J connectivity index is 1.71. The third kappa shape index (κ3) is 4.75. The van der Waals surface area contributed by atoms with E-state index in [1.807, 2.05) is 36.4 Å². The van der Waals surface area contributed by atoms with Crippen LogP contribution in [0.3, 0.4) is 0 Å². The molecule has 0 fully saturated rings. The normalized spacial score (nSPS) is 20.0. The van der Waals surface area contributed by atoms with Crippen molar-refractivity contribution in [2.75, 3.05) is 0 Å². The molecule has 1 N–H and O–H groups in total. The van der Waals surface area contributed by atoms with Crippen LogP contribution in [-0.4, -0.2) is 12.1 Å². The average molecular weight is 387 g/mol. The monoisotopic (exact) mass is 386 g/mol. The van der Waals surface area contributed by atoms with Crippen molar-refractivity contribution in [2.45, 2.75) is 25.7 Å². The summed E-state index contributed by atoms with van der Waals surface area (Å²) in [5.41, 5.74) is 5.99. The Bertz CT molecular complexity index is 826. The van der Waals surface area contributed by atoms with Gasteiger partial charge in [-0.25, -0.2) is 5.43 Å². The van der Waals surface area contributed by atoms with Crippen LogP contribution in [0.1, 0.15) is 36.8 Å². The van der Waals surface area contributed by atoms with Gasteiger partial charge >= 0.3 is 0 Å². The van der Waals surface area contributed by atoms with Crippen LogP contribution in [0.15, 0.2) is 65.3 Å². The van der Waals surface area contributed by atoms with Gasteiger partial charge in [0.1, 0.15) is 0 Å². The van der Waals surface area contributed by atoms with Gasteiger partial charge in [0, 0.05) is 10.0 Å². The number of halogens is 2. The molecule has 0 spiro atoms. The molecule has 5 heteroatoms. The van der Waals surface area contributed by atoms with Gasteiger partial charge in [-0.15, -0.1) is 0 Å². The number of hydrogen-bond donors (Lipinski definition) is 1. The van der Waals surface area contributed by atoms with E-state index >= 15 is 0 Å². The summed E-state index contributed by atoms with van der Waals surface area (Å²) >= 11 is 11.9. The van der Waals surface area contributed by atoms with Crippen LogP contribution in [0, 0.1) is 5.92 Å². The standard InChI is InChI=1S/C21H20Cl2N2O/c1-14-2-11-19(20(12-14)16-5-9-18(23)10-6-16)21(26)25-24-13-15-3-7-17(22)8-4-15/h2-10,13,19-20H,11-12H2,1H3,(H,25,26). The van der Waals surface area contributed by atoms with E-state index in [1.54, 1.807) is 18.3 Å². The van der Waals surface area contributed by atoms with Gasteiger partial charge in [-0.2, -0.15) is 5.10 Å². The maximum Gasteiger partial charge on any atom is 0.244 e. The van der Waals surface area contributed by atoms with Gasteiger partial charge in [-0.05, 0) is 61.1 Å². The summed E-state index contributed by atoms with van der Waals surface area (Å²) in [5, 5.41) is 5.47. The molecule has 0 heterocycles. The predicted octanol–water partition coefficient (Wildman–Crippen LogP) is 5.58. The fourth-order valence-electron chi connectivity index (χ4n) is 3.22. The predicted molar refractivity (Wildman–Crippen MR) is 108 cm³/mol. The SMILES string of the molecule is CC1=CCC(C(=O)NN=Cc2ccc(Cl)cc2)C(c2ccc(Cl)cc2)C1. The number of carbonyl (C=O) groups is 1. The van der Waals surface area contributed by atoms with Crippen molar-refractivity contribution in [3.63, 3.8) is 0 Å². The lowest BCUT2D eigenvalue weighted by Gasteiger charge is -2.29. The summed E-state index contributed by atoms with van der Waals surface area (Å²) in [4.78, 5) is 12.7. The number of nitrogens with one attached hydrogen (secondary N) is 1. The number of hydrazone groups is 1. The minimum absolute atomic E-state index is 0.0705. The van der Waals surface area contributed by atoms with Crippen molar-refractivity contribution in [3.05, 3.63) is 81.4 Å². The van der Waals surface area contributed by atoms with E-state index < -0.39 is 0 Å². The van der Waals surface area contributed by atoms with Gasteiger partial charge in [0.05, 0.1) is 12.1 Å². The van der Waals surface area contributed by atoms with Crippen LogP contribution in [0.25, 0.3) is 0 Å². The topological polar surface area (TPSA) is 41.5 Å². The molecule has 0 aromatic heterocycles. The lowest BCUT2D eigenvalue weighted by atomic mass is 9.75. The van der Waals surface area contributed by atoms with E-state index in [4.69, 9.17) is 23.2 Å². The molecule has 2 atom stereocenters. The minimum atomic E-state index is -0.151. The molecule has 0 saturated carbocycles. The number of benzene rings is 2. The van der Waals surface area contributed by atoms with Crippen molar-refractivity contribution in [3.8, 4) is 0 Å². The molecule has 0 aliphatic heterocycles. The number of hydrogen-bond acceptors (Lipinski definition) is 2. The fraction of sp³-hybridized carbons (Fsp3) is 0.238. The van der Waals surface area contributed by atoms with Gasteiger partial charge in [0.15, 0.2) is 0 Å². The van der Waals surface area contributed by atoms with Crippen molar-refractivity contribution < 1.29 is 4.79 Å². The van der Waals surface area contributed by atoms with Crippen LogP contribution in [0.4, 0.5) is 0 Å². The van der Waals surface area contributed by atoms with Gasteiger partial charge < -0.3 is 0 Å². The highest BCUT2D eigenvalue weighted by Gasteiger charge is 2.31. The van der Waals surface area contributed by atoms with E-state index in [1.165, 1.54) is 5.57 Å². The number of rotatable bonds is 4. The van der Waals surface area contributed by atoms with Gasteiger partial charge in [-0.1, -0.05) is 59.1 Å². The lowest BCUT2D eigenvalue weighted by Crippen LogP contribution is -2.33. The number of allylic oxidation sites excluding steroid dienone is 2. The Morgan fingerprint density at radius 2 is 1.69 bits per heavy atom. The first-order valence-corrected chi connectivity index (χ1v) is 9.28. The average Bonchev–Trinajstić information content (AvgIpc) is 2.64. The second-order valence-corrected chi connectivity index (χ2v) is 7.41. The Hall–Kier alpha value is -2.10. The Morgan fingerprint density at radius 3 is 2.35 bits per heavy atom. The van der Waals surface area contributed by atoms with Crippen LogP contribution in [-0.2, 0) is 4.79 Å². The summed E-state index contributed by atoms with van der Waals surface area (Å²) < 4.78 is 0. The molecule has 3 nitrogen and oxygen atoms in total. The molecule has 3 rings (SSSR count). The first kappa shape index (κ1) is 18.7. The summed E-state index contributed by atoms with van der Waals surface area (Å²) in [7, 11) is 0. The Labute approximate surface area is 163 Å². The third-order valence-corrected chi connectivity index (χ3v) is 5.15. The summed E-state index contributed by atoms with van der Waals surface area (Å²) in [6, 6.07) is 15.0. The first-order valence-electron chi connectivity index (χ1n) is 8.52. The number of carbonyl (C=O) groups excluding carboxylic acids is 1. The molecule has 0 radical (unpaired) electrons. The molecular formula is C21H20Cl2N2O. The van der Waals surface area contributed by atoms with Gasteiger partial charge in [0.25, 0.3) is 0 Å². The minimum Gasteiger partial charge on any atom is -0.273 e.